The second-order valence-electron chi connectivity index (χ2n) is 10.5. The molecule has 2 aliphatic heterocycles. The Labute approximate surface area is 236 Å². The molecule has 0 N–H and O–H groups in total. The minimum Gasteiger partial charge on any atom is -0.484 e. The Kier molecular flexibility index (Phi) is 8.55. The molecule has 210 valence electrons. The van der Waals surface area contributed by atoms with Gasteiger partial charge in [0.1, 0.15) is 5.75 Å². The maximum absolute atomic E-state index is 13.9. The molecule has 0 saturated carbocycles. The summed E-state index contributed by atoms with van der Waals surface area (Å²) >= 11 is 0. The van der Waals surface area contributed by atoms with Crippen LogP contribution in [0.25, 0.3) is 0 Å². The summed E-state index contributed by atoms with van der Waals surface area (Å²) in [4.78, 5) is 33.7. The number of anilines is 1. The van der Waals surface area contributed by atoms with Gasteiger partial charge in [-0.15, -0.1) is 0 Å². The summed E-state index contributed by atoms with van der Waals surface area (Å²) in [5.41, 5.74) is 3.32. The number of para-hydroxylation sites is 2. The van der Waals surface area contributed by atoms with Gasteiger partial charge in [0.05, 0.1) is 5.69 Å². The van der Waals surface area contributed by atoms with Gasteiger partial charge in [0.2, 0.25) is 6.79 Å². The first-order valence-electron chi connectivity index (χ1n) is 13.9. The fourth-order valence-corrected chi connectivity index (χ4v) is 5.31. The van der Waals surface area contributed by atoms with Crippen molar-refractivity contribution in [1.29, 1.82) is 0 Å². The quantitative estimate of drug-likeness (QED) is 0.456. The molecule has 2 aliphatic rings. The maximum Gasteiger partial charge on any atom is 0.264 e. The van der Waals surface area contributed by atoms with Crippen LogP contribution in [-0.4, -0.2) is 67.2 Å². The molecule has 2 heterocycles. The third-order valence-corrected chi connectivity index (χ3v) is 7.48. The molecule has 3 aromatic carbocycles. The van der Waals surface area contributed by atoms with Gasteiger partial charge in [-0.2, -0.15) is 0 Å². The Hall–Kier alpha value is -4.04. The summed E-state index contributed by atoms with van der Waals surface area (Å²) in [7, 11) is 0. The molecule has 2 amide bonds. The molecule has 0 atom stereocenters. The number of benzene rings is 3. The highest BCUT2D eigenvalue weighted by molar-refractivity contribution is 5.97. The molecular formula is C32H37N3O5. The number of hydrogen-bond acceptors (Lipinski definition) is 6. The lowest BCUT2D eigenvalue weighted by molar-refractivity contribution is -0.120. The number of carbonyl (C=O) groups excluding carboxylic acids is 2. The van der Waals surface area contributed by atoms with Crippen LogP contribution in [0.4, 0.5) is 5.69 Å². The summed E-state index contributed by atoms with van der Waals surface area (Å²) in [6, 6.07) is 21.0. The molecule has 0 spiro atoms. The van der Waals surface area contributed by atoms with Crippen LogP contribution in [0.5, 0.6) is 17.2 Å². The van der Waals surface area contributed by atoms with E-state index in [1.54, 1.807) is 18.2 Å². The second-order valence-corrected chi connectivity index (χ2v) is 10.5. The molecule has 0 radical (unpaired) electrons. The monoisotopic (exact) mass is 543 g/mol. The Morgan fingerprint density at radius 2 is 1.70 bits per heavy atom. The van der Waals surface area contributed by atoms with E-state index in [0.29, 0.717) is 48.5 Å². The van der Waals surface area contributed by atoms with Gasteiger partial charge in [-0.05, 0) is 68.7 Å². The second kappa shape index (κ2) is 12.4. The molecular weight excluding hydrogens is 506 g/mol. The van der Waals surface area contributed by atoms with Crippen LogP contribution in [0.2, 0.25) is 0 Å². The number of fused-ring (bicyclic) bond motifs is 2. The molecule has 0 fully saturated rings. The number of nitrogens with zero attached hydrogens (tertiary/aromatic N) is 3. The van der Waals surface area contributed by atoms with Gasteiger partial charge >= 0.3 is 0 Å². The molecule has 0 aliphatic carbocycles. The van der Waals surface area contributed by atoms with Gasteiger partial charge < -0.3 is 24.0 Å². The standard InChI is InChI=1S/C32H37N3O5/c1-23(2)33-15-8-16-35(30(36)21-38-27-11-5-4-6-12-27)31-24(3)9-7-10-26(31)20-34(18-17-33)32(37)25-13-14-28-29(19-25)40-22-39-28/h4-7,9-14,19,23H,8,15-18,20-22H2,1-3H3. The van der Waals surface area contributed by atoms with Gasteiger partial charge in [0.25, 0.3) is 11.8 Å². The lowest BCUT2D eigenvalue weighted by Crippen LogP contribution is -2.41. The minimum atomic E-state index is -0.108. The number of hydrogen-bond donors (Lipinski definition) is 0. The van der Waals surface area contributed by atoms with Crippen molar-refractivity contribution in [2.45, 2.75) is 39.8 Å². The van der Waals surface area contributed by atoms with E-state index >= 15 is 0 Å². The number of ether oxygens (including phenoxy) is 3. The van der Waals surface area contributed by atoms with E-state index in [0.717, 1.165) is 36.3 Å². The van der Waals surface area contributed by atoms with Crippen molar-refractivity contribution in [2.75, 3.05) is 44.5 Å². The molecule has 8 heteroatoms. The average Bonchev–Trinajstić information content (AvgIpc) is 3.42. The van der Waals surface area contributed by atoms with Gasteiger partial charge in [-0.1, -0.05) is 36.4 Å². The largest absolute Gasteiger partial charge is 0.484 e. The van der Waals surface area contributed by atoms with E-state index in [4.69, 9.17) is 14.2 Å². The van der Waals surface area contributed by atoms with Crippen LogP contribution >= 0.6 is 0 Å². The molecule has 40 heavy (non-hydrogen) atoms. The smallest absolute Gasteiger partial charge is 0.264 e. The Bertz CT molecular complexity index is 1340. The van der Waals surface area contributed by atoms with Crippen molar-refractivity contribution < 1.29 is 23.8 Å². The van der Waals surface area contributed by atoms with Crippen molar-refractivity contribution >= 4 is 17.5 Å². The lowest BCUT2D eigenvalue weighted by atomic mass is 10.0. The van der Waals surface area contributed by atoms with Gasteiger partial charge in [-0.25, -0.2) is 0 Å². The van der Waals surface area contributed by atoms with Gasteiger partial charge in [0.15, 0.2) is 18.1 Å². The predicted octanol–water partition coefficient (Wildman–Crippen LogP) is 4.89. The number of carbonyl (C=O) groups is 2. The zero-order chi connectivity index (χ0) is 28.1. The van der Waals surface area contributed by atoms with Crippen LogP contribution in [0, 0.1) is 6.92 Å². The van der Waals surface area contributed by atoms with Crippen molar-refractivity contribution in [1.82, 2.24) is 9.80 Å². The zero-order valence-electron chi connectivity index (χ0n) is 23.5. The Morgan fingerprint density at radius 3 is 2.50 bits per heavy atom. The predicted molar refractivity (Wildman–Crippen MR) is 154 cm³/mol. The molecule has 5 rings (SSSR count). The van der Waals surface area contributed by atoms with Gasteiger partial charge in [-0.3, -0.25) is 14.5 Å². The summed E-state index contributed by atoms with van der Waals surface area (Å²) in [6.45, 7) is 9.49. The molecule has 3 aromatic rings. The topological polar surface area (TPSA) is 71.6 Å². The molecule has 0 saturated heterocycles. The third-order valence-electron chi connectivity index (χ3n) is 7.48. The number of rotatable bonds is 5. The molecule has 0 aromatic heterocycles. The summed E-state index contributed by atoms with van der Waals surface area (Å²) in [5, 5.41) is 0. The third kappa shape index (κ3) is 6.23. The normalized spacial score (nSPS) is 15.9. The van der Waals surface area contributed by atoms with Gasteiger partial charge in [0, 0.05) is 44.3 Å². The number of amides is 2. The highest BCUT2D eigenvalue weighted by Crippen LogP contribution is 2.33. The highest BCUT2D eigenvalue weighted by atomic mass is 16.7. The molecule has 0 unspecified atom stereocenters. The van der Waals surface area contributed by atoms with Crippen LogP contribution in [0.3, 0.4) is 0 Å². The van der Waals surface area contributed by atoms with Crippen LogP contribution < -0.4 is 19.1 Å². The van der Waals surface area contributed by atoms with Crippen LogP contribution in [0.1, 0.15) is 41.8 Å². The van der Waals surface area contributed by atoms with E-state index in [9.17, 15) is 9.59 Å². The first-order valence-corrected chi connectivity index (χ1v) is 13.9. The summed E-state index contributed by atoms with van der Waals surface area (Å²) < 4.78 is 16.8. The Balaban J connectivity index is 1.47. The van der Waals surface area contributed by atoms with Crippen molar-refractivity contribution in [3.63, 3.8) is 0 Å². The van der Waals surface area contributed by atoms with E-state index in [-0.39, 0.29) is 25.2 Å². The van der Waals surface area contributed by atoms with Crippen molar-refractivity contribution in [2.24, 2.45) is 0 Å². The van der Waals surface area contributed by atoms with Crippen molar-refractivity contribution in [3.8, 4) is 17.2 Å². The molecule has 0 bridgehead atoms. The van der Waals surface area contributed by atoms with E-state index < -0.39 is 0 Å². The maximum atomic E-state index is 13.9. The summed E-state index contributed by atoms with van der Waals surface area (Å²) in [5.74, 6) is 1.69. The summed E-state index contributed by atoms with van der Waals surface area (Å²) in [6.07, 6.45) is 0.805. The van der Waals surface area contributed by atoms with Crippen LogP contribution in [-0.2, 0) is 11.3 Å². The van der Waals surface area contributed by atoms with Crippen LogP contribution in [0.15, 0.2) is 66.7 Å². The fraction of sp³-hybridized carbons (Fsp3) is 0.375. The highest BCUT2D eigenvalue weighted by Gasteiger charge is 2.27. The number of aryl methyl sites for hydroxylation is 1. The lowest BCUT2D eigenvalue weighted by Gasteiger charge is -2.30. The van der Waals surface area contributed by atoms with Crippen molar-refractivity contribution in [3.05, 3.63) is 83.4 Å². The molecule has 8 nitrogen and oxygen atoms in total. The zero-order valence-corrected chi connectivity index (χ0v) is 23.5. The Morgan fingerprint density at radius 1 is 0.900 bits per heavy atom. The van der Waals surface area contributed by atoms with E-state index in [1.807, 2.05) is 65.3 Å². The minimum absolute atomic E-state index is 0.0640. The van der Waals surface area contributed by atoms with E-state index in [2.05, 4.69) is 18.7 Å². The first kappa shape index (κ1) is 27.5. The fourth-order valence-electron chi connectivity index (χ4n) is 5.31. The average molecular weight is 544 g/mol. The SMILES string of the molecule is Cc1cccc2c1N(C(=O)COc1ccccc1)CCCN(C(C)C)CCN(C(=O)c1ccc3c(c1)OCO3)C2. The van der Waals surface area contributed by atoms with E-state index in [1.165, 1.54) is 0 Å². The first-order chi connectivity index (χ1) is 19.4.